The van der Waals surface area contributed by atoms with E-state index in [0.29, 0.717) is 10.8 Å². The number of carbonyl (C=O) groups is 1. The van der Waals surface area contributed by atoms with Gasteiger partial charge in [0.1, 0.15) is 11.6 Å². The van der Waals surface area contributed by atoms with Gasteiger partial charge >= 0.3 is 0 Å². The van der Waals surface area contributed by atoms with Crippen LogP contribution < -0.4 is 5.32 Å². The Balaban J connectivity index is 2.24. The number of anilines is 1. The number of pyridine rings is 1. The van der Waals surface area contributed by atoms with E-state index in [2.05, 4.69) is 10.3 Å². The van der Waals surface area contributed by atoms with Gasteiger partial charge in [0.15, 0.2) is 0 Å². The Morgan fingerprint density at radius 1 is 1.22 bits per heavy atom. The lowest BCUT2D eigenvalue weighted by molar-refractivity contribution is 0.102. The number of nitrogens with zero attached hydrogens (tertiary/aromatic N) is 1. The molecule has 1 aromatic heterocycles. The van der Waals surface area contributed by atoms with Gasteiger partial charge in [-0.1, -0.05) is 23.2 Å². The van der Waals surface area contributed by atoms with Gasteiger partial charge in [-0.15, -0.1) is 0 Å². The molecule has 2 rings (SSSR count). The third-order valence-electron chi connectivity index (χ3n) is 2.16. The number of aromatic hydroxyl groups is 1. The van der Waals surface area contributed by atoms with Crippen LogP contribution in [-0.4, -0.2) is 16.0 Å². The Kier molecular flexibility index (Phi) is 3.69. The fraction of sp³-hybridized carbons (Fsp3) is 0. The summed E-state index contributed by atoms with van der Waals surface area (Å²) in [7, 11) is 0. The number of amides is 1. The average Bonchev–Trinajstić information content (AvgIpc) is 2.32. The van der Waals surface area contributed by atoms with Crippen LogP contribution in [0.15, 0.2) is 36.5 Å². The summed E-state index contributed by atoms with van der Waals surface area (Å²) in [6.45, 7) is 0. The van der Waals surface area contributed by atoms with Crippen molar-refractivity contribution in [2.75, 3.05) is 5.32 Å². The van der Waals surface area contributed by atoms with Gasteiger partial charge in [0.05, 0.1) is 10.6 Å². The zero-order valence-electron chi connectivity index (χ0n) is 9.02. The molecule has 0 aliphatic rings. The van der Waals surface area contributed by atoms with E-state index in [4.69, 9.17) is 23.2 Å². The largest absolute Gasteiger partial charge is 0.508 e. The Bertz CT molecular complexity index is 602. The summed E-state index contributed by atoms with van der Waals surface area (Å²) in [5, 5.41) is 12.6. The molecule has 0 bridgehead atoms. The number of rotatable bonds is 2. The molecule has 0 spiro atoms. The van der Waals surface area contributed by atoms with Crippen molar-refractivity contribution in [3.8, 4) is 5.75 Å². The molecule has 1 aromatic carbocycles. The highest BCUT2D eigenvalue weighted by Gasteiger charge is 2.12. The molecule has 0 radical (unpaired) electrons. The number of aromatic nitrogens is 1. The first kappa shape index (κ1) is 12.7. The molecule has 4 nitrogen and oxygen atoms in total. The highest BCUT2D eigenvalue weighted by Crippen LogP contribution is 2.22. The average molecular weight is 283 g/mol. The summed E-state index contributed by atoms with van der Waals surface area (Å²) < 4.78 is 0. The molecule has 1 amide bonds. The van der Waals surface area contributed by atoms with Crippen molar-refractivity contribution in [2.45, 2.75) is 0 Å². The maximum atomic E-state index is 11.9. The molecule has 0 saturated heterocycles. The van der Waals surface area contributed by atoms with Gasteiger partial charge < -0.3 is 10.4 Å². The second kappa shape index (κ2) is 5.25. The molecular weight excluding hydrogens is 275 g/mol. The zero-order chi connectivity index (χ0) is 13.1. The van der Waals surface area contributed by atoms with Crippen LogP contribution in [0.5, 0.6) is 5.75 Å². The summed E-state index contributed by atoms with van der Waals surface area (Å²) in [5.74, 6) is -0.193. The summed E-state index contributed by atoms with van der Waals surface area (Å²) in [5.41, 5.74) is 0.165. The lowest BCUT2D eigenvalue weighted by Crippen LogP contribution is -2.13. The van der Waals surface area contributed by atoms with E-state index < -0.39 is 5.91 Å². The quantitative estimate of drug-likeness (QED) is 0.888. The van der Waals surface area contributed by atoms with E-state index >= 15 is 0 Å². The maximum absolute atomic E-state index is 11.9. The van der Waals surface area contributed by atoms with Crippen LogP contribution in [0, 0.1) is 0 Å². The number of halogens is 2. The Hall–Kier alpha value is -1.78. The number of phenols is 1. The van der Waals surface area contributed by atoms with E-state index in [0.717, 1.165) is 0 Å². The predicted molar refractivity (Wildman–Crippen MR) is 70.3 cm³/mol. The lowest BCUT2D eigenvalue weighted by atomic mass is 10.2. The van der Waals surface area contributed by atoms with Crippen LogP contribution >= 0.6 is 23.2 Å². The van der Waals surface area contributed by atoms with Crippen LogP contribution in [0.3, 0.4) is 0 Å². The van der Waals surface area contributed by atoms with Crippen molar-refractivity contribution < 1.29 is 9.90 Å². The van der Waals surface area contributed by atoms with Crippen molar-refractivity contribution in [1.82, 2.24) is 4.98 Å². The summed E-state index contributed by atoms with van der Waals surface area (Å²) >= 11 is 11.6. The fourth-order valence-electron chi connectivity index (χ4n) is 1.34. The van der Waals surface area contributed by atoms with Crippen molar-refractivity contribution in [2.24, 2.45) is 0 Å². The van der Waals surface area contributed by atoms with E-state index in [1.165, 1.54) is 30.5 Å². The molecule has 0 saturated carbocycles. The van der Waals surface area contributed by atoms with Crippen LogP contribution in [0.2, 0.25) is 10.0 Å². The minimum atomic E-state index is -0.467. The minimum Gasteiger partial charge on any atom is -0.508 e. The Morgan fingerprint density at radius 3 is 2.72 bits per heavy atom. The number of hydrogen-bond acceptors (Lipinski definition) is 3. The normalized spacial score (nSPS) is 10.1. The van der Waals surface area contributed by atoms with Gasteiger partial charge in [0.2, 0.25) is 0 Å². The lowest BCUT2D eigenvalue weighted by Gasteiger charge is -2.06. The van der Waals surface area contributed by atoms with Crippen LogP contribution in [0.25, 0.3) is 0 Å². The van der Waals surface area contributed by atoms with Gasteiger partial charge in [-0.3, -0.25) is 4.79 Å². The molecule has 0 aliphatic carbocycles. The van der Waals surface area contributed by atoms with Gasteiger partial charge in [0, 0.05) is 11.2 Å². The maximum Gasteiger partial charge on any atom is 0.258 e. The van der Waals surface area contributed by atoms with Gasteiger partial charge in [0.25, 0.3) is 5.91 Å². The molecule has 18 heavy (non-hydrogen) atoms. The fourth-order valence-corrected chi connectivity index (χ4v) is 1.71. The van der Waals surface area contributed by atoms with E-state index in [1.54, 1.807) is 6.07 Å². The number of benzene rings is 1. The second-order valence-corrected chi connectivity index (χ2v) is 4.32. The number of phenolic OH excluding ortho intramolecular Hbond substituents is 1. The molecule has 0 aliphatic heterocycles. The third kappa shape index (κ3) is 2.91. The van der Waals surface area contributed by atoms with E-state index in [1.807, 2.05) is 0 Å². The van der Waals surface area contributed by atoms with Gasteiger partial charge in [-0.05, 0) is 30.3 Å². The van der Waals surface area contributed by atoms with Crippen molar-refractivity contribution in [3.63, 3.8) is 0 Å². The zero-order valence-corrected chi connectivity index (χ0v) is 10.5. The molecule has 0 unspecified atom stereocenters. The molecular formula is C12H8Cl2N2O2. The molecule has 1 heterocycles. The SMILES string of the molecule is O=C(Nc1cc(Cl)ccn1)c1cc(O)ccc1Cl. The topological polar surface area (TPSA) is 62.2 Å². The number of hydrogen-bond donors (Lipinski definition) is 2. The number of nitrogens with one attached hydrogen (secondary N) is 1. The van der Waals surface area contributed by atoms with Crippen LogP contribution in [0.1, 0.15) is 10.4 Å². The van der Waals surface area contributed by atoms with E-state index in [9.17, 15) is 9.90 Å². The molecule has 0 fully saturated rings. The predicted octanol–water partition coefficient (Wildman–Crippen LogP) is 3.35. The van der Waals surface area contributed by atoms with E-state index in [-0.39, 0.29) is 16.3 Å². The third-order valence-corrected chi connectivity index (χ3v) is 2.72. The first-order chi connectivity index (χ1) is 8.56. The highest BCUT2D eigenvalue weighted by molar-refractivity contribution is 6.34. The first-order valence-electron chi connectivity index (χ1n) is 4.97. The van der Waals surface area contributed by atoms with Crippen molar-refractivity contribution in [1.29, 1.82) is 0 Å². The second-order valence-electron chi connectivity index (χ2n) is 3.48. The smallest absolute Gasteiger partial charge is 0.258 e. The Labute approximate surface area is 113 Å². The summed E-state index contributed by atoms with van der Waals surface area (Å²) in [6, 6.07) is 7.23. The van der Waals surface area contributed by atoms with Crippen LogP contribution in [0.4, 0.5) is 5.82 Å². The molecule has 0 atom stereocenters. The van der Waals surface area contributed by atoms with Gasteiger partial charge in [-0.25, -0.2) is 4.98 Å². The monoisotopic (exact) mass is 282 g/mol. The summed E-state index contributed by atoms with van der Waals surface area (Å²) in [4.78, 5) is 15.8. The summed E-state index contributed by atoms with van der Waals surface area (Å²) in [6.07, 6.45) is 1.47. The molecule has 2 N–H and O–H groups in total. The Morgan fingerprint density at radius 2 is 2.00 bits per heavy atom. The van der Waals surface area contributed by atoms with Crippen molar-refractivity contribution in [3.05, 3.63) is 52.1 Å². The first-order valence-corrected chi connectivity index (χ1v) is 5.73. The van der Waals surface area contributed by atoms with Crippen LogP contribution in [-0.2, 0) is 0 Å². The highest BCUT2D eigenvalue weighted by atomic mass is 35.5. The number of carbonyl (C=O) groups excluding carboxylic acids is 1. The molecule has 92 valence electrons. The standard InChI is InChI=1S/C12H8Cl2N2O2/c13-7-3-4-15-11(5-7)16-12(18)9-6-8(17)1-2-10(9)14/h1-6,17H,(H,15,16,18). The molecule has 6 heteroatoms. The molecule has 2 aromatic rings. The van der Waals surface area contributed by atoms with Crippen molar-refractivity contribution >= 4 is 34.9 Å². The van der Waals surface area contributed by atoms with Gasteiger partial charge in [-0.2, -0.15) is 0 Å². The minimum absolute atomic E-state index is 0.0383.